The van der Waals surface area contributed by atoms with Crippen molar-refractivity contribution >= 4 is 11.9 Å². The van der Waals surface area contributed by atoms with Gasteiger partial charge in [0.25, 0.3) is 5.91 Å². The molecule has 9 heteroatoms. The molecule has 128 valence electrons. The fourth-order valence-corrected chi connectivity index (χ4v) is 2.64. The third-order valence-corrected chi connectivity index (χ3v) is 3.66. The van der Waals surface area contributed by atoms with Crippen LogP contribution in [-0.2, 0) is 22.8 Å². The van der Waals surface area contributed by atoms with Crippen LogP contribution in [0.25, 0.3) is 0 Å². The van der Waals surface area contributed by atoms with Gasteiger partial charge in [-0.05, 0) is 19.8 Å². The third kappa shape index (κ3) is 3.83. The van der Waals surface area contributed by atoms with E-state index in [4.69, 9.17) is 4.74 Å². The number of aromatic nitrogens is 2. The Bertz CT molecular complexity index is 598. The molecule has 0 saturated carbocycles. The molecule has 2 heterocycles. The quantitative estimate of drug-likeness (QED) is 0.792. The molecule has 0 aromatic carbocycles. The Balaban J connectivity index is 2.19. The predicted octanol–water partition coefficient (Wildman–Crippen LogP) is 1.85. The molecule has 0 radical (unpaired) electrons. The summed E-state index contributed by atoms with van der Waals surface area (Å²) in [6.07, 6.45) is -2.56. The van der Waals surface area contributed by atoms with Crippen LogP contribution >= 0.6 is 0 Å². The van der Waals surface area contributed by atoms with Crippen molar-refractivity contribution in [3.05, 3.63) is 17.5 Å². The highest BCUT2D eigenvalue weighted by atomic mass is 19.4. The SMILES string of the molecule is CCOC(=O)C1CCCN(C(=O)c2cn(C)nc2C(F)(F)F)C1. The Kier molecular flexibility index (Phi) is 4.96. The predicted molar refractivity (Wildman–Crippen MR) is 73.5 cm³/mol. The van der Waals surface area contributed by atoms with Gasteiger partial charge >= 0.3 is 12.1 Å². The van der Waals surface area contributed by atoms with Gasteiger partial charge in [-0.2, -0.15) is 18.3 Å². The van der Waals surface area contributed by atoms with Gasteiger partial charge in [-0.3, -0.25) is 14.3 Å². The monoisotopic (exact) mass is 333 g/mol. The van der Waals surface area contributed by atoms with Crippen LogP contribution in [0, 0.1) is 5.92 Å². The van der Waals surface area contributed by atoms with Crippen molar-refractivity contribution < 1.29 is 27.5 Å². The number of hydrogen-bond acceptors (Lipinski definition) is 4. The molecule has 1 saturated heterocycles. The second kappa shape index (κ2) is 6.59. The van der Waals surface area contributed by atoms with Gasteiger partial charge in [0.15, 0.2) is 5.69 Å². The maximum Gasteiger partial charge on any atom is 0.435 e. The Morgan fingerprint density at radius 1 is 1.43 bits per heavy atom. The van der Waals surface area contributed by atoms with Crippen molar-refractivity contribution in [2.24, 2.45) is 13.0 Å². The number of halogens is 3. The summed E-state index contributed by atoms with van der Waals surface area (Å²) in [5.74, 6) is -1.69. The molecule has 1 aromatic heterocycles. The lowest BCUT2D eigenvalue weighted by Crippen LogP contribution is -2.43. The van der Waals surface area contributed by atoms with E-state index in [9.17, 15) is 22.8 Å². The van der Waals surface area contributed by atoms with E-state index in [0.29, 0.717) is 19.4 Å². The van der Waals surface area contributed by atoms with Gasteiger partial charge < -0.3 is 9.64 Å². The summed E-state index contributed by atoms with van der Waals surface area (Å²) in [6.45, 7) is 2.27. The van der Waals surface area contributed by atoms with Gasteiger partial charge in [-0.25, -0.2) is 0 Å². The minimum Gasteiger partial charge on any atom is -0.466 e. The first kappa shape index (κ1) is 17.3. The van der Waals surface area contributed by atoms with Crippen LogP contribution < -0.4 is 0 Å². The molecule has 2 rings (SSSR count). The molecule has 1 atom stereocenters. The van der Waals surface area contributed by atoms with Crippen LogP contribution in [0.15, 0.2) is 6.20 Å². The summed E-state index contributed by atoms with van der Waals surface area (Å²) in [4.78, 5) is 25.5. The highest BCUT2D eigenvalue weighted by Crippen LogP contribution is 2.31. The van der Waals surface area contributed by atoms with Crippen molar-refractivity contribution in [3.63, 3.8) is 0 Å². The number of carbonyl (C=O) groups is 2. The Hall–Kier alpha value is -2.06. The maximum absolute atomic E-state index is 13.0. The molecule has 1 aliphatic heterocycles. The van der Waals surface area contributed by atoms with Crippen LogP contribution in [0.4, 0.5) is 13.2 Å². The largest absolute Gasteiger partial charge is 0.466 e. The number of amides is 1. The van der Waals surface area contributed by atoms with Crippen molar-refractivity contribution in [1.29, 1.82) is 0 Å². The lowest BCUT2D eigenvalue weighted by atomic mass is 9.97. The zero-order valence-corrected chi connectivity index (χ0v) is 12.9. The van der Waals surface area contributed by atoms with E-state index in [1.165, 1.54) is 11.9 Å². The first-order chi connectivity index (χ1) is 10.7. The fraction of sp³-hybridized carbons (Fsp3) is 0.643. The molecule has 0 bridgehead atoms. The van der Waals surface area contributed by atoms with Crippen molar-refractivity contribution in [3.8, 4) is 0 Å². The molecule has 1 aromatic rings. The molecule has 6 nitrogen and oxygen atoms in total. The fourth-order valence-electron chi connectivity index (χ4n) is 2.64. The molecular formula is C14H18F3N3O3. The first-order valence-electron chi connectivity index (χ1n) is 7.30. The Morgan fingerprint density at radius 3 is 2.74 bits per heavy atom. The van der Waals surface area contributed by atoms with Crippen LogP contribution in [-0.4, -0.2) is 46.3 Å². The number of piperidine rings is 1. The zero-order valence-electron chi connectivity index (χ0n) is 12.9. The van der Waals surface area contributed by atoms with Gasteiger partial charge in [-0.15, -0.1) is 0 Å². The van der Waals surface area contributed by atoms with Gasteiger partial charge in [-0.1, -0.05) is 0 Å². The minimum absolute atomic E-state index is 0.0594. The van der Waals surface area contributed by atoms with Crippen LogP contribution in [0.1, 0.15) is 35.8 Å². The smallest absolute Gasteiger partial charge is 0.435 e. The molecule has 0 N–H and O–H groups in total. The molecule has 23 heavy (non-hydrogen) atoms. The van der Waals surface area contributed by atoms with E-state index in [2.05, 4.69) is 5.10 Å². The Labute approximate surface area is 131 Å². The maximum atomic E-state index is 13.0. The summed E-state index contributed by atoms with van der Waals surface area (Å²) < 4.78 is 44.8. The summed E-state index contributed by atoms with van der Waals surface area (Å²) >= 11 is 0. The highest BCUT2D eigenvalue weighted by Gasteiger charge is 2.40. The van der Waals surface area contributed by atoms with Crippen molar-refractivity contribution in [1.82, 2.24) is 14.7 Å². The molecule has 1 fully saturated rings. The normalized spacial score (nSPS) is 18.8. The zero-order chi connectivity index (χ0) is 17.2. The topological polar surface area (TPSA) is 64.4 Å². The van der Waals surface area contributed by atoms with Crippen molar-refractivity contribution in [2.45, 2.75) is 25.9 Å². The number of alkyl halides is 3. The van der Waals surface area contributed by atoms with E-state index < -0.39 is 35.2 Å². The van der Waals surface area contributed by atoms with Crippen LogP contribution in [0.3, 0.4) is 0 Å². The molecular weight excluding hydrogens is 315 g/mol. The molecule has 1 unspecified atom stereocenters. The Morgan fingerprint density at radius 2 is 2.13 bits per heavy atom. The highest BCUT2D eigenvalue weighted by molar-refractivity contribution is 5.95. The van der Waals surface area contributed by atoms with Crippen LogP contribution in [0.5, 0.6) is 0 Å². The summed E-state index contributed by atoms with van der Waals surface area (Å²) in [5.41, 5.74) is -1.70. The van der Waals surface area contributed by atoms with Gasteiger partial charge in [0.2, 0.25) is 0 Å². The minimum atomic E-state index is -4.71. The van der Waals surface area contributed by atoms with Crippen molar-refractivity contribution in [2.75, 3.05) is 19.7 Å². The van der Waals surface area contributed by atoms with Crippen LogP contribution in [0.2, 0.25) is 0 Å². The third-order valence-electron chi connectivity index (χ3n) is 3.66. The average Bonchev–Trinajstić information content (AvgIpc) is 2.89. The number of esters is 1. The summed E-state index contributed by atoms with van der Waals surface area (Å²) in [6, 6.07) is 0. The molecule has 1 amide bonds. The standard InChI is InChI=1S/C14H18F3N3O3/c1-3-23-13(22)9-5-4-6-20(7-9)12(21)10-8-19(2)18-11(10)14(15,16)17/h8-9H,3-7H2,1-2H3. The van der Waals surface area contributed by atoms with Gasteiger partial charge in [0, 0.05) is 26.3 Å². The lowest BCUT2D eigenvalue weighted by Gasteiger charge is -2.31. The number of carbonyl (C=O) groups excluding carboxylic acids is 2. The number of rotatable bonds is 3. The van der Waals surface area contributed by atoms with E-state index in [1.807, 2.05) is 0 Å². The number of likely N-dealkylation sites (tertiary alicyclic amines) is 1. The van der Waals surface area contributed by atoms with E-state index >= 15 is 0 Å². The second-order valence-electron chi connectivity index (χ2n) is 5.41. The first-order valence-corrected chi connectivity index (χ1v) is 7.30. The summed E-state index contributed by atoms with van der Waals surface area (Å²) in [7, 11) is 1.32. The van der Waals surface area contributed by atoms with Gasteiger partial charge in [0.05, 0.1) is 18.1 Å². The lowest BCUT2D eigenvalue weighted by molar-refractivity contribution is -0.149. The average molecular weight is 333 g/mol. The number of nitrogens with zero attached hydrogens (tertiary/aromatic N) is 3. The summed E-state index contributed by atoms with van der Waals surface area (Å²) in [5, 5.41) is 3.33. The number of ether oxygens (including phenoxy) is 1. The molecule has 0 spiro atoms. The molecule has 0 aliphatic carbocycles. The van der Waals surface area contributed by atoms with E-state index in [-0.39, 0.29) is 13.2 Å². The number of aryl methyl sites for hydroxylation is 1. The van der Waals surface area contributed by atoms with E-state index in [1.54, 1.807) is 6.92 Å². The molecule has 1 aliphatic rings. The second-order valence-corrected chi connectivity index (χ2v) is 5.41. The number of hydrogen-bond donors (Lipinski definition) is 0. The van der Waals surface area contributed by atoms with Gasteiger partial charge in [0.1, 0.15) is 0 Å². The van der Waals surface area contributed by atoms with E-state index in [0.717, 1.165) is 10.9 Å².